The van der Waals surface area contributed by atoms with E-state index in [0.29, 0.717) is 24.4 Å². The molecule has 1 unspecified atom stereocenters. The van der Waals surface area contributed by atoms with E-state index in [9.17, 15) is 9.59 Å². The van der Waals surface area contributed by atoms with Crippen molar-refractivity contribution in [3.63, 3.8) is 0 Å². The topological polar surface area (TPSA) is 55.4 Å². The molecule has 0 aromatic heterocycles. The summed E-state index contributed by atoms with van der Waals surface area (Å²) in [4.78, 5) is 24.4. The second-order valence-electron chi connectivity index (χ2n) is 6.92. The number of esters is 1. The number of rotatable bonds is 9. The lowest BCUT2D eigenvalue weighted by molar-refractivity contribution is -0.146. The van der Waals surface area contributed by atoms with Crippen molar-refractivity contribution in [1.82, 2.24) is 5.32 Å². The second kappa shape index (κ2) is 10.4. The molecule has 2 aromatic carbocycles. The number of hydrogen-bond donors (Lipinski definition) is 1. The average Bonchev–Trinajstić information content (AvgIpc) is 2.65. The zero-order valence-electron chi connectivity index (χ0n) is 15.5. The van der Waals surface area contributed by atoms with Gasteiger partial charge in [0.2, 0.25) is 0 Å². The van der Waals surface area contributed by atoms with E-state index < -0.39 is 0 Å². The van der Waals surface area contributed by atoms with Gasteiger partial charge in [0.15, 0.2) is 0 Å². The van der Waals surface area contributed by atoms with E-state index in [4.69, 9.17) is 4.74 Å². The van der Waals surface area contributed by atoms with Crippen molar-refractivity contribution >= 4 is 11.9 Å². The van der Waals surface area contributed by atoms with Crippen LogP contribution in [-0.2, 0) is 16.1 Å². The van der Waals surface area contributed by atoms with E-state index in [1.807, 2.05) is 48.5 Å². The molecule has 0 radical (unpaired) electrons. The Labute approximate surface area is 155 Å². The molecule has 1 atom stereocenters. The summed E-state index contributed by atoms with van der Waals surface area (Å²) in [6.07, 6.45) is 1.16. The maximum Gasteiger partial charge on any atom is 0.306 e. The SMILES string of the molecule is CC(C)CC(CNC(=O)c1ccccc1)CC(=O)OCc1ccccc1. The van der Waals surface area contributed by atoms with Gasteiger partial charge in [-0.3, -0.25) is 9.59 Å². The molecule has 0 heterocycles. The van der Waals surface area contributed by atoms with Gasteiger partial charge in [0.1, 0.15) is 6.61 Å². The smallest absolute Gasteiger partial charge is 0.306 e. The Hall–Kier alpha value is -2.62. The summed E-state index contributed by atoms with van der Waals surface area (Å²) < 4.78 is 5.38. The summed E-state index contributed by atoms with van der Waals surface area (Å²) in [7, 11) is 0. The van der Waals surface area contributed by atoms with Gasteiger partial charge in [0.25, 0.3) is 5.91 Å². The van der Waals surface area contributed by atoms with Crippen LogP contribution in [-0.4, -0.2) is 18.4 Å². The van der Waals surface area contributed by atoms with Crippen molar-refractivity contribution in [2.45, 2.75) is 33.3 Å². The van der Waals surface area contributed by atoms with Crippen molar-refractivity contribution in [1.29, 1.82) is 0 Å². The molecule has 1 amide bonds. The molecule has 0 saturated heterocycles. The van der Waals surface area contributed by atoms with Crippen LogP contribution in [0.3, 0.4) is 0 Å². The largest absolute Gasteiger partial charge is 0.461 e. The normalized spacial score (nSPS) is 11.8. The van der Waals surface area contributed by atoms with Gasteiger partial charge in [-0.1, -0.05) is 62.4 Å². The molecule has 138 valence electrons. The zero-order valence-corrected chi connectivity index (χ0v) is 15.5. The fourth-order valence-electron chi connectivity index (χ4n) is 2.87. The molecule has 0 bridgehead atoms. The quantitative estimate of drug-likeness (QED) is 0.687. The number of carbonyl (C=O) groups excluding carboxylic acids is 2. The Balaban J connectivity index is 1.83. The van der Waals surface area contributed by atoms with Gasteiger partial charge < -0.3 is 10.1 Å². The van der Waals surface area contributed by atoms with Gasteiger partial charge in [0, 0.05) is 12.1 Å². The molecule has 4 nitrogen and oxygen atoms in total. The Morgan fingerprint density at radius 2 is 1.58 bits per heavy atom. The van der Waals surface area contributed by atoms with Crippen molar-refractivity contribution < 1.29 is 14.3 Å². The zero-order chi connectivity index (χ0) is 18.8. The van der Waals surface area contributed by atoms with Crippen molar-refractivity contribution in [3.8, 4) is 0 Å². The third kappa shape index (κ3) is 7.09. The number of hydrogen-bond acceptors (Lipinski definition) is 3. The van der Waals surface area contributed by atoms with Crippen LogP contribution < -0.4 is 5.32 Å². The van der Waals surface area contributed by atoms with E-state index in [1.165, 1.54) is 0 Å². The average molecular weight is 353 g/mol. The lowest BCUT2D eigenvalue weighted by Gasteiger charge is -2.19. The summed E-state index contributed by atoms with van der Waals surface area (Å²) in [5, 5.41) is 2.94. The van der Waals surface area contributed by atoms with E-state index >= 15 is 0 Å². The lowest BCUT2D eigenvalue weighted by Crippen LogP contribution is -2.31. The summed E-state index contributed by atoms with van der Waals surface area (Å²) >= 11 is 0. The molecule has 2 rings (SSSR count). The summed E-state index contributed by atoms with van der Waals surface area (Å²) in [6.45, 7) is 4.97. The van der Waals surface area contributed by atoms with Gasteiger partial charge >= 0.3 is 5.97 Å². The van der Waals surface area contributed by atoms with Gasteiger partial charge in [0.05, 0.1) is 6.42 Å². The number of benzene rings is 2. The molecule has 0 saturated carbocycles. The van der Waals surface area contributed by atoms with Gasteiger partial charge in [-0.25, -0.2) is 0 Å². The van der Waals surface area contributed by atoms with Crippen LogP contribution in [0.25, 0.3) is 0 Å². The maximum atomic E-state index is 12.2. The van der Waals surface area contributed by atoms with Crippen LogP contribution in [0.1, 0.15) is 42.6 Å². The Bertz CT molecular complexity index is 683. The molecule has 1 N–H and O–H groups in total. The molecule has 0 fully saturated rings. The third-order valence-electron chi connectivity index (χ3n) is 4.09. The van der Waals surface area contributed by atoms with Gasteiger partial charge in [-0.05, 0) is 36.0 Å². The minimum atomic E-state index is -0.228. The van der Waals surface area contributed by atoms with Crippen LogP contribution in [0.15, 0.2) is 60.7 Å². The Morgan fingerprint density at radius 1 is 0.962 bits per heavy atom. The molecule has 2 aromatic rings. The van der Waals surface area contributed by atoms with E-state index in [0.717, 1.165) is 12.0 Å². The first-order valence-electron chi connectivity index (χ1n) is 9.07. The van der Waals surface area contributed by atoms with Crippen LogP contribution >= 0.6 is 0 Å². The molecular weight excluding hydrogens is 326 g/mol. The summed E-state index contributed by atoms with van der Waals surface area (Å²) in [6, 6.07) is 18.7. The first-order valence-corrected chi connectivity index (χ1v) is 9.07. The summed E-state index contributed by atoms with van der Waals surface area (Å²) in [5.74, 6) is 0.159. The van der Waals surface area contributed by atoms with Crippen molar-refractivity contribution in [2.75, 3.05) is 6.54 Å². The predicted octanol–water partition coefficient (Wildman–Crippen LogP) is 4.21. The highest BCUT2D eigenvalue weighted by Crippen LogP contribution is 2.16. The monoisotopic (exact) mass is 353 g/mol. The molecule has 26 heavy (non-hydrogen) atoms. The molecule has 0 aliphatic carbocycles. The number of nitrogens with one attached hydrogen (secondary N) is 1. The Morgan fingerprint density at radius 3 is 2.19 bits per heavy atom. The first kappa shape index (κ1) is 19.7. The maximum absolute atomic E-state index is 12.2. The van der Waals surface area contributed by atoms with Crippen LogP contribution in [0.4, 0.5) is 0 Å². The number of amides is 1. The number of ether oxygens (including phenoxy) is 1. The lowest BCUT2D eigenvalue weighted by atomic mass is 9.94. The van der Waals surface area contributed by atoms with Gasteiger partial charge in [-0.15, -0.1) is 0 Å². The van der Waals surface area contributed by atoms with E-state index in [2.05, 4.69) is 19.2 Å². The molecule has 0 aliphatic heterocycles. The van der Waals surface area contributed by atoms with Gasteiger partial charge in [-0.2, -0.15) is 0 Å². The Kier molecular flexibility index (Phi) is 7.87. The molecule has 4 heteroatoms. The summed E-state index contributed by atoms with van der Waals surface area (Å²) in [5.41, 5.74) is 1.60. The van der Waals surface area contributed by atoms with Crippen molar-refractivity contribution in [3.05, 3.63) is 71.8 Å². The minimum absolute atomic E-state index is 0.0611. The highest BCUT2D eigenvalue weighted by Gasteiger charge is 2.18. The van der Waals surface area contributed by atoms with Crippen molar-refractivity contribution in [2.24, 2.45) is 11.8 Å². The molecule has 0 aliphatic rings. The van der Waals surface area contributed by atoms with Crippen LogP contribution in [0.5, 0.6) is 0 Å². The molecule has 0 spiro atoms. The van der Waals surface area contributed by atoms with E-state index in [-0.39, 0.29) is 24.4 Å². The first-order chi connectivity index (χ1) is 12.5. The highest BCUT2D eigenvalue weighted by molar-refractivity contribution is 5.94. The number of carbonyl (C=O) groups is 2. The van der Waals surface area contributed by atoms with Crippen LogP contribution in [0.2, 0.25) is 0 Å². The fourth-order valence-corrected chi connectivity index (χ4v) is 2.87. The second-order valence-corrected chi connectivity index (χ2v) is 6.92. The van der Waals surface area contributed by atoms with E-state index in [1.54, 1.807) is 12.1 Å². The third-order valence-corrected chi connectivity index (χ3v) is 4.09. The standard InChI is InChI=1S/C22H27NO3/c1-17(2)13-19(15-23-22(25)20-11-7-4-8-12-20)14-21(24)26-16-18-9-5-3-6-10-18/h3-12,17,19H,13-16H2,1-2H3,(H,23,25). The fraction of sp³-hybridized carbons (Fsp3) is 0.364. The minimum Gasteiger partial charge on any atom is -0.461 e. The highest BCUT2D eigenvalue weighted by atomic mass is 16.5. The molecular formula is C22H27NO3. The van der Waals surface area contributed by atoms with Crippen LogP contribution in [0, 0.1) is 11.8 Å². The predicted molar refractivity (Wildman–Crippen MR) is 103 cm³/mol.